The van der Waals surface area contributed by atoms with Crippen molar-refractivity contribution in [3.05, 3.63) is 64.7 Å². The number of benzene rings is 2. The Hall–Kier alpha value is -3.48. The van der Waals surface area contributed by atoms with Gasteiger partial charge in [0.1, 0.15) is 6.54 Å². The van der Waals surface area contributed by atoms with Gasteiger partial charge in [-0.15, -0.1) is 0 Å². The second-order valence-electron chi connectivity index (χ2n) is 5.56. The van der Waals surface area contributed by atoms with Crippen LogP contribution in [0.4, 0.5) is 5.69 Å². The molecule has 1 N–H and O–H groups in total. The molecule has 0 aliphatic carbocycles. The lowest BCUT2D eigenvalue weighted by atomic mass is 10.1. The molecule has 0 radical (unpaired) electrons. The summed E-state index contributed by atoms with van der Waals surface area (Å²) in [6.07, 6.45) is 0. The Morgan fingerprint density at radius 1 is 1.00 bits per heavy atom. The molecule has 126 valence electrons. The van der Waals surface area contributed by atoms with E-state index in [-0.39, 0.29) is 22.4 Å². The van der Waals surface area contributed by atoms with Gasteiger partial charge in [0.05, 0.1) is 17.1 Å². The van der Waals surface area contributed by atoms with E-state index in [4.69, 9.17) is 0 Å². The Morgan fingerprint density at radius 3 is 2.16 bits per heavy atom. The number of hydrogen-bond donors (Lipinski definition) is 1. The van der Waals surface area contributed by atoms with E-state index < -0.39 is 30.2 Å². The lowest BCUT2D eigenvalue weighted by molar-refractivity contribution is -0.255. The van der Waals surface area contributed by atoms with Crippen LogP contribution in [-0.2, 0) is 4.79 Å². The lowest BCUT2D eigenvalue weighted by Crippen LogP contribution is -2.37. The predicted octanol–water partition coefficient (Wildman–Crippen LogP) is 0.593. The Labute approximate surface area is 142 Å². The molecule has 0 saturated heterocycles. The number of rotatable bonds is 4. The molecule has 1 aliphatic rings. The van der Waals surface area contributed by atoms with Gasteiger partial charge in [-0.05, 0) is 30.7 Å². The van der Waals surface area contributed by atoms with E-state index in [1.807, 2.05) is 0 Å². The van der Waals surface area contributed by atoms with Crippen LogP contribution in [0.25, 0.3) is 0 Å². The topological polar surface area (TPSA) is 107 Å². The molecule has 2 aromatic carbocycles. The molecule has 0 fully saturated rings. The first-order valence-electron chi connectivity index (χ1n) is 7.46. The fraction of sp³-hybridized carbons (Fsp3) is 0.111. The Bertz CT molecular complexity index is 884. The van der Waals surface area contributed by atoms with Gasteiger partial charge in [-0.1, -0.05) is 24.3 Å². The molecule has 0 bridgehead atoms. The minimum Gasteiger partial charge on any atom is -0.545 e. The molecule has 2 aromatic rings. The van der Waals surface area contributed by atoms with Crippen LogP contribution < -0.4 is 10.4 Å². The second-order valence-corrected chi connectivity index (χ2v) is 5.56. The standard InChI is InChI=1S/C18H14N2O5/c1-10-11(18(24)25)7-4-8-14(10)19-15(21)9-20-16(22)12-5-2-3-6-13(12)17(20)23/h2-8H,9H2,1H3,(H,19,21)(H,24,25)/p-1. The number of carbonyl (C=O) groups is 4. The van der Waals surface area contributed by atoms with Crippen LogP contribution in [0.15, 0.2) is 42.5 Å². The van der Waals surface area contributed by atoms with Crippen molar-refractivity contribution in [2.24, 2.45) is 0 Å². The van der Waals surface area contributed by atoms with Crippen molar-refractivity contribution in [3.8, 4) is 0 Å². The zero-order chi connectivity index (χ0) is 18.1. The highest BCUT2D eigenvalue weighted by molar-refractivity contribution is 6.22. The van der Waals surface area contributed by atoms with Crippen LogP contribution in [0.1, 0.15) is 36.6 Å². The van der Waals surface area contributed by atoms with Crippen molar-refractivity contribution < 1.29 is 24.3 Å². The highest BCUT2D eigenvalue weighted by Crippen LogP contribution is 2.23. The number of hydrogen-bond acceptors (Lipinski definition) is 5. The minimum atomic E-state index is -1.35. The van der Waals surface area contributed by atoms with Crippen LogP contribution in [-0.4, -0.2) is 35.1 Å². The van der Waals surface area contributed by atoms with E-state index in [2.05, 4.69) is 5.32 Å². The Morgan fingerprint density at radius 2 is 1.60 bits per heavy atom. The Balaban J connectivity index is 1.77. The van der Waals surface area contributed by atoms with Gasteiger partial charge in [0.15, 0.2) is 0 Å². The molecule has 0 atom stereocenters. The van der Waals surface area contributed by atoms with Crippen LogP contribution in [0.3, 0.4) is 0 Å². The molecule has 3 rings (SSSR count). The van der Waals surface area contributed by atoms with Gasteiger partial charge >= 0.3 is 0 Å². The van der Waals surface area contributed by atoms with Crippen LogP contribution in [0.2, 0.25) is 0 Å². The molecule has 1 heterocycles. The molecule has 3 amide bonds. The van der Waals surface area contributed by atoms with Crippen molar-refractivity contribution in [1.29, 1.82) is 0 Å². The number of carboxylic acid groups (broad SMARTS) is 1. The molecule has 0 saturated carbocycles. The fourth-order valence-electron chi connectivity index (χ4n) is 2.71. The average molecular weight is 337 g/mol. The number of carbonyl (C=O) groups excluding carboxylic acids is 4. The fourth-order valence-corrected chi connectivity index (χ4v) is 2.71. The van der Waals surface area contributed by atoms with E-state index >= 15 is 0 Å². The lowest BCUT2D eigenvalue weighted by Gasteiger charge is -2.16. The quantitative estimate of drug-likeness (QED) is 0.822. The summed E-state index contributed by atoms with van der Waals surface area (Å²) in [4.78, 5) is 48.6. The number of anilines is 1. The molecule has 0 aromatic heterocycles. The third-order valence-electron chi connectivity index (χ3n) is 4.01. The third-order valence-corrected chi connectivity index (χ3v) is 4.01. The van der Waals surface area contributed by atoms with Gasteiger partial charge in [0, 0.05) is 11.3 Å². The van der Waals surface area contributed by atoms with E-state index in [0.29, 0.717) is 5.56 Å². The first-order chi connectivity index (χ1) is 11.9. The molecule has 0 spiro atoms. The van der Waals surface area contributed by atoms with E-state index in [1.54, 1.807) is 12.1 Å². The summed E-state index contributed by atoms with van der Waals surface area (Å²) >= 11 is 0. The van der Waals surface area contributed by atoms with Gasteiger partial charge in [0.2, 0.25) is 5.91 Å². The smallest absolute Gasteiger partial charge is 0.262 e. The zero-order valence-electron chi connectivity index (χ0n) is 13.2. The first kappa shape index (κ1) is 16.4. The maximum Gasteiger partial charge on any atom is 0.262 e. The summed E-state index contributed by atoms with van der Waals surface area (Å²) in [5.41, 5.74) is 1.09. The maximum atomic E-state index is 12.2. The van der Waals surface area contributed by atoms with Gasteiger partial charge < -0.3 is 15.2 Å². The normalized spacial score (nSPS) is 12.9. The van der Waals surface area contributed by atoms with Crippen molar-refractivity contribution in [2.45, 2.75) is 6.92 Å². The largest absolute Gasteiger partial charge is 0.545 e. The number of carboxylic acids is 1. The molecule has 0 unspecified atom stereocenters. The van der Waals surface area contributed by atoms with Crippen molar-refractivity contribution in [1.82, 2.24) is 4.90 Å². The molecule has 7 nitrogen and oxygen atoms in total. The highest BCUT2D eigenvalue weighted by Gasteiger charge is 2.36. The van der Waals surface area contributed by atoms with Gasteiger partial charge in [-0.3, -0.25) is 19.3 Å². The highest BCUT2D eigenvalue weighted by atomic mass is 16.4. The van der Waals surface area contributed by atoms with Crippen molar-refractivity contribution in [2.75, 3.05) is 11.9 Å². The van der Waals surface area contributed by atoms with Gasteiger partial charge in [-0.25, -0.2) is 0 Å². The summed E-state index contributed by atoms with van der Waals surface area (Å²) in [6, 6.07) is 10.7. The number of fused-ring (bicyclic) bond motifs is 1. The summed E-state index contributed by atoms with van der Waals surface area (Å²) in [5.74, 6) is -3.02. The molecule has 1 aliphatic heterocycles. The summed E-state index contributed by atoms with van der Waals surface area (Å²) < 4.78 is 0. The summed E-state index contributed by atoms with van der Waals surface area (Å²) in [7, 11) is 0. The number of nitrogens with zero attached hydrogens (tertiary/aromatic N) is 1. The number of amides is 3. The van der Waals surface area contributed by atoms with Gasteiger partial charge in [0.25, 0.3) is 11.8 Å². The average Bonchev–Trinajstić information content (AvgIpc) is 2.82. The van der Waals surface area contributed by atoms with Crippen molar-refractivity contribution in [3.63, 3.8) is 0 Å². The number of aromatic carboxylic acids is 1. The predicted molar refractivity (Wildman–Crippen MR) is 85.9 cm³/mol. The van der Waals surface area contributed by atoms with Crippen LogP contribution >= 0.6 is 0 Å². The van der Waals surface area contributed by atoms with E-state index in [9.17, 15) is 24.3 Å². The first-order valence-corrected chi connectivity index (χ1v) is 7.46. The summed E-state index contributed by atoms with van der Waals surface area (Å²) in [6.45, 7) is 1.07. The minimum absolute atomic E-state index is 0.0430. The van der Waals surface area contributed by atoms with Gasteiger partial charge in [-0.2, -0.15) is 0 Å². The van der Waals surface area contributed by atoms with Crippen molar-refractivity contribution >= 4 is 29.4 Å². The van der Waals surface area contributed by atoms with E-state index in [1.165, 1.54) is 37.3 Å². The summed E-state index contributed by atoms with van der Waals surface area (Å²) in [5, 5.41) is 13.6. The SMILES string of the molecule is Cc1c(NC(=O)CN2C(=O)c3ccccc3C2=O)cccc1C(=O)[O-]. The Kier molecular flexibility index (Phi) is 4.06. The molecule has 7 heteroatoms. The molecular weight excluding hydrogens is 324 g/mol. The monoisotopic (exact) mass is 337 g/mol. The second kappa shape index (κ2) is 6.20. The third kappa shape index (κ3) is 2.87. The van der Waals surface area contributed by atoms with Crippen LogP contribution in [0, 0.1) is 6.92 Å². The van der Waals surface area contributed by atoms with E-state index in [0.717, 1.165) is 4.90 Å². The molecular formula is C18H13N2O5-. The maximum absolute atomic E-state index is 12.2. The number of nitrogens with one attached hydrogen (secondary N) is 1. The molecule has 25 heavy (non-hydrogen) atoms. The number of imide groups is 1. The zero-order valence-corrected chi connectivity index (χ0v) is 13.2. The van der Waals surface area contributed by atoms with Crippen LogP contribution in [0.5, 0.6) is 0 Å².